The summed E-state index contributed by atoms with van der Waals surface area (Å²) in [5, 5.41) is 15.4. The number of rotatable bonds is 7. The fourth-order valence-corrected chi connectivity index (χ4v) is 3.45. The van der Waals surface area contributed by atoms with E-state index in [1.54, 1.807) is 18.5 Å². The van der Waals surface area contributed by atoms with Crippen LogP contribution in [0, 0.1) is 0 Å². The minimum Gasteiger partial charge on any atom is -0.478 e. The average molecular weight is 410 g/mol. The minimum absolute atomic E-state index is 0.0833. The zero-order valence-corrected chi connectivity index (χ0v) is 16.4. The Morgan fingerprint density at radius 3 is 3.10 bits per heavy atom. The summed E-state index contributed by atoms with van der Waals surface area (Å²) in [6.07, 6.45) is 3.98. The van der Waals surface area contributed by atoms with Crippen LogP contribution < -0.4 is 30.5 Å². The summed E-state index contributed by atoms with van der Waals surface area (Å²) in [6.45, 7) is 2.91. The second kappa shape index (κ2) is 7.39. The lowest BCUT2D eigenvalue weighted by Gasteiger charge is -2.36. The van der Waals surface area contributed by atoms with E-state index >= 15 is 0 Å². The molecule has 10 nitrogen and oxygen atoms in total. The van der Waals surface area contributed by atoms with Crippen LogP contribution in [0.5, 0.6) is 11.6 Å². The molecule has 0 spiro atoms. The fraction of sp³-hybridized carbons (Fsp3) is 0.300. The number of aliphatic hydroxyl groups is 1. The summed E-state index contributed by atoms with van der Waals surface area (Å²) in [7, 11) is 0. The highest BCUT2D eigenvalue weighted by Gasteiger charge is 2.49. The van der Waals surface area contributed by atoms with Crippen molar-refractivity contribution in [1.29, 1.82) is 0 Å². The molecule has 1 aromatic heterocycles. The standard InChI is InChI=1S/C20H22N6O4/c1-13-10-23-20(24-14-3-6-18(21-11-14)28-8-2-7-27)26(19(13)25-30-20)15-4-5-17-16(9-15)22-12-29-17/h3-6,9-11,22,24-25,27H,2,7-8,12H2,1H3. The maximum atomic E-state index is 8.86. The van der Waals surface area contributed by atoms with E-state index in [4.69, 9.17) is 19.4 Å². The smallest absolute Gasteiger partial charge is 0.351 e. The molecule has 0 saturated carbocycles. The lowest BCUT2D eigenvalue weighted by Crippen LogP contribution is -2.51. The molecule has 3 aliphatic rings. The Hall–Kier alpha value is -3.50. The molecule has 0 aliphatic carbocycles. The molecule has 1 atom stereocenters. The van der Waals surface area contributed by atoms with Gasteiger partial charge in [-0.25, -0.2) is 20.3 Å². The third-order valence-corrected chi connectivity index (χ3v) is 4.93. The molecule has 1 unspecified atom stereocenters. The number of nitrogens with zero attached hydrogens (tertiary/aromatic N) is 3. The molecule has 4 N–H and O–H groups in total. The molecule has 0 amide bonds. The Morgan fingerprint density at radius 2 is 2.27 bits per heavy atom. The number of allylic oxidation sites excluding steroid dienone is 1. The number of pyridine rings is 1. The highest BCUT2D eigenvalue weighted by atomic mass is 16.7. The minimum atomic E-state index is -1.20. The first-order chi connectivity index (χ1) is 14.7. The van der Waals surface area contributed by atoms with Crippen LogP contribution in [-0.4, -0.2) is 42.2 Å². The zero-order valence-electron chi connectivity index (χ0n) is 16.4. The number of hydroxylamine groups is 1. The van der Waals surface area contributed by atoms with Crippen molar-refractivity contribution in [3.05, 3.63) is 47.9 Å². The van der Waals surface area contributed by atoms with E-state index in [0.717, 1.165) is 28.5 Å². The fourth-order valence-electron chi connectivity index (χ4n) is 3.45. The SMILES string of the molecule is CC1=C2NOC(Nc3ccc(OCCCO)nc3)(N=C1)N2c1ccc2c(c1)NCO2. The van der Waals surface area contributed by atoms with Crippen LogP contribution in [0.2, 0.25) is 0 Å². The predicted molar refractivity (Wildman–Crippen MR) is 111 cm³/mol. The van der Waals surface area contributed by atoms with Gasteiger partial charge in [0.1, 0.15) is 11.6 Å². The molecule has 1 aromatic carbocycles. The number of fused-ring (bicyclic) bond motifs is 3. The summed E-state index contributed by atoms with van der Waals surface area (Å²) in [6, 6.07) is 9.48. The normalized spacial score (nSPS) is 21.1. The summed E-state index contributed by atoms with van der Waals surface area (Å²) >= 11 is 0. The van der Waals surface area contributed by atoms with Gasteiger partial charge in [0.25, 0.3) is 0 Å². The average Bonchev–Trinajstić information content (AvgIpc) is 3.34. The largest absolute Gasteiger partial charge is 0.478 e. The zero-order chi connectivity index (χ0) is 20.6. The second-order valence-electron chi connectivity index (χ2n) is 7.02. The van der Waals surface area contributed by atoms with E-state index in [1.807, 2.05) is 36.1 Å². The number of nitrogens with one attached hydrogen (secondary N) is 3. The van der Waals surface area contributed by atoms with Crippen LogP contribution in [0.3, 0.4) is 0 Å². The van der Waals surface area contributed by atoms with E-state index in [1.165, 1.54) is 0 Å². The number of aromatic nitrogens is 1. The van der Waals surface area contributed by atoms with Crippen LogP contribution in [0.4, 0.5) is 17.1 Å². The van der Waals surface area contributed by atoms with Gasteiger partial charge < -0.3 is 25.2 Å². The monoisotopic (exact) mass is 410 g/mol. The van der Waals surface area contributed by atoms with Gasteiger partial charge >= 0.3 is 5.97 Å². The Bertz CT molecular complexity index is 1010. The van der Waals surface area contributed by atoms with Gasteiger partial charge in [-0.05, 0) is 31.2 Å². The van der Waals surface area contributed by atoms with Crippen molar-refractivity contribution in [1.82, 2.24) is 10.5 Å². The highest BCUT2D eigenvalue weighted by molar-refractivity contribution is 5.84. The molecule has 0 radical (unpaired) electrons. The molecule has 5 rings (SSSR count). The lowest BCUT2D eigenvalue weighted by molar-refractivity contribution is -0.0214. The first-order valence-corrected chi connectivity index (χ1v) is 9.67. The molecule has 30 heavy (non-hydrogen) atoms. The molecule has 2 aromatic rings. The maximum absolute atomic E-state index is 8.86. The summed E-state index contributed by atoms with van der Waals surface area (Å²) in [5.41, 5.74) is 6.44. The predicted octanol–water partition coefficient (Wildman–Crippen LogP) is 1.99. The van der Waals surface area contributed by atoms with Crippen LogP contribution in [-0.2, 0) is 4.84 Å². The number of hydrogen-bond acceptors (Lipinski definition) is 10. The van der Waals surface area contributed by atoms with Crippen LogP contribution >= 0.6 is 0 Å². The van der Waals surface area contributed by atoms with Crippen molar-refractivity contribution in [2.24, 2.45) is 4.99 Å². The Labute approximate surface area is 173 Å². The number of hydrogen-bond donors (Lipinski definition) is 4. The number of ether oxygens (including phenoxy) is 2. The van der Waals surface area contributed by atoms with Crippen molar-refractivity contribution in [2.45, 2.75) is 19.3 Å². The molecule has 1 saturated heterocycles. The number of anilines is 3. The highest BCUT2D eigenvalue weighted by Crippen LogP contribution is 2.41. The van der Waals surface area contributed by atoms with Gasteiger partial charge in [0.05, 0.1) is 29.9 Å². The van der Waals surface area contributed by atoms with Crippen molar-refractivity contribution >= 4 is 23.3 Å². The molecule has 1 fully saturated rings. The number of benzene rings is 1. The van der Waals surface area contributed by atoms with Crippen molar-refractivity contribution in [3.8, 4) is 11.6 Å². The van der Waals surface area contributed by atoms with Gasteiger partial charge in [-0.2, -0.15) is 0 Å². The van der Waals surface area contributed by atoms with Gasteiger partial charge in [-0.3, -0.25) is 4.90 Å². The van der Waals surface area contributed by atoms with E-state index in [0.29, 0.717) is 31.3 Å². The van der Waals surface area contributed by atoms with Gasteiger partial charge in [0.15, 0.2) is 6.73 Å². The maximum Gasteiger partial charge on any atom is 0.351 e. The van der Waals surface area contributed by atoms with Crippen LogP contribution in [0.25, 0.3) is 0 Å². The topological polar surface area (TPSA) is 112 Å². The van der Waals surface area contributed by atoms with Crippen LogP contribution in [0.1, 0.15) is 13.3 Å². The Kier molecular flexibility index (Phi) is 4.57. The van der Waals surface area contributed by atoms with Gasteiger partial charge in [-0.1, -0.05) is 0 Å². The summed E-state index contributed by atoms with van der Waals surface area (Å²) in [4.78, 5) is 16.8. The molecule has 10 heteroatoms. The van der Waals surface area contributed by atoms with E-state index in [-0.39, 0.29) is 6.61 Å². The third kappa shape index (κ3) is 3.15. The second-order valence-corrected chi connectivity index (χ2v) is 7.02. The molecule has 3 aliphatic heterocycles. The Morgan fingerprint density at radius 1 is 1.33 bits per heavy atom. The van der Waals surface area contributed by atoms with Crippen LogP contribution in [0.15, 0.2) is 52.9 Å². The molecular weight excluding hydrogens is 388 g/mol. The molecule has 4 heterocycles. The number of aliphatic hydroxyl groups excluding tert-OH is 1. The molecular formula is C20H22N6O4. The van der Waals surface area contributed by atoms with Crippen molar-refractivity contribution in [3.63, 3.8) is 0 Å². The van der Waals surface area contributed by atoms with Gasteiger partial charge in [-0.15, -0.1) is 0 Å². The molecule has 2 bridgehead atoms. The Balaban J connectivity index is 1.42. The van der Waals surface area contributed by atoms with E-state index < -0.39 is 5.97 Å². The van der Waals surface area contributed by atoms with E-state index in [2.05, 4.69) is 26.1 Å². The first kappa shape index (κ1) is 18.5. The quantitative estimate of drug-likeness (QED) is 0.509. The van der Waals surface area contributed by atoms with Gasteiger partial charge in [0.2, 0.25) is 5.88 Å². The number of aliphatic imine (C=N–C) groups is 1. The third-order valence-electron chi connectivity index (χ3n) is 4.93. The van der Waals surface area contributed by atoms with Crippen molar-refractivity contribution < 1.29 is 19.4 Å². The van der Waals surface area contributed by atoms with Crippen molar-refractivity contribution in [2.75, 3.05) is 35.5 Å². The summed E-state index contributed by atoms with van der Waals surface area (Å²) < 4.78 is 11.0. The molecule has 156 valence electrons. The van der Waals surface area contributed by atoms with E-state index in [9.17, 15) is 0 Å². The van der Waals surface area contributed by atoms with Gasteiger partial charge in [0, 0.05) is 30.9 Å². The summed E-state index contributed by atoms with van der Waals surface area (Å²) in [5.74, 6) is 0.897. The first-order valence-electron chi connectivity index (χ1n) is 9.67. The lowest BCUT2D eigenvalue weighted by atomic mass is 10.2.